The van der Waals surface area contributed by atoms with Crippen molar-refractivity contribution < 1.29 is 14.3 Å². The second-order valence-corrected chi connectivity index (χ2v) is 4.65. The third-order valence-electron chi connectivity index (χ3n) is 3.04. The van der Waals surface area contributed by atoms with Gasteiger partial charge in [0.1, 0.15) is 5.75 Å². The summed E-state index contributed by atoms with van der Waals surface area (Å²) in [6.45, 7) is 2.75. The molecule has 0 spiro atoms. The Morgan fingerprint density at radius 2 is 1.76 bits per heavy atom. The fraction of sp³-hybridized carbons (Fsp3) is 0.278. The number of benzene rings is 2. The first kappa shape index (κ1) is 15.1. The molecule has 0 N–H and O–H groups in total. The first-order valence-electron chi connectivity index (χ1n) is 7.23. The lowest BCUT2D eigenvalue weighted by molar-refractivity contribution is -0.143. The molecule has 0 amide bonds. The van der Waals surface area contributed by atoms with E-state index in [1.165, 1.54) is 0 Å². The first-order chi connectivity index (χ1) is 10.3. The van der Waals surface area contributed by atoms with Gasteiger partial charge in [0, 0.05) is 6.42 Å². The molecule has 0 unspecified atom stereocenters. The quantitative estimate of drug-likeness (QED) is 0.568. The Labute approximate surface area is 125 Å². The van der Waals surface area contributed by atoms with Gasteiger partial charge in [0.05, 0.1) is 13.2 Å². The highest BCUT2D eigenvalue weighted by Gasteiger charge is 2.02. The highest BCUT2D eigenvalue weighted by molar-refractivity contribution is 5.69. The topological polar surface area (TPSA) is 35.5 Å². The highest BCUT2D eigenvalue weighted by atomic mass is 16.5. The molecule has 2 aromatic rings. The molecule has 0 aliphatic heterocycles. The maximum atomic E-state index is 11.2. The van der Waals surface area contributed by atoms with Crippen molar-refractivity contribution in [3.05, 3.63) is 54.6 Å². The van der Waals surface area contributed by atoms with E-state index in [0.29, 0.717) is 26.1 Å². The molecule has 2 aromatic carbocycles. The lowest BCUT2D eigenvalue weighted by Crippen LogP contribution is -2.06. The van der Waals surface area contributed by atoms with E-state index in [9.17, 15) is 4.79 Å². The fourth-order valence-electron chi connectivity index (χ4n) is 2.04. The monoisotopic (exact) mass is 284 g/mol. The fourth-order valence-corrected chi connectivity index (χ4v) is 2.04. The number of hydrogen-bond donors (Lipinski definition) is 0. The van der Waals surface area contributed by atoms with E-state index in [2.05, 4.69) is 18.2 Å². The van der Waals surface area contributed by atoms with Crippen LogP contribution in [0.25, 0.3) is 11.1 Å². The minimum absolute atomic E-state index is 0.167. The smallest absolute Gasteiger partial charge is 0.305 e. The Balaban J connectivity index is 1.86. The zero-order valence-corrected chi connectivity index (χ0v) is 12.2. The first-order valence-corrected chi connectivity index (χ1v) is 7.23. The van der Waals surface area contributed by atoms with Gasteiger partial charge in [0.2, 0.25) is 0 Å². The molecule has 0 heterocycles. The zero-order valence-electron chi connectivity index (χ0n) is 12.2. The predicted molar refractivity (Wildman–Crippen MR) is 83.2 cm³/mol. The van der Waals surface area contributed by atoms with Gasteiger partial charge in [-0.1, -0.05) is 42.5 Å². The maximum Gasteiger partial charge on any atom is 0.305 e. The number of ether oxygens (including phenoxy) is 2. The predicted octanol–water partition coefficient (Wildman–Crippen LogP) is 4.08. The Morgan fingerprint density at radius 1 is 1.00 bits per heavy atom. The lowest BCUT2D eigenvalue weighted by atomic mass is 10.1. The third-order valence-corrected chi connectivity index (χ3v) is 3.04. The van der Waals surface area contributed by atoms with Crippen LogP contribution in [-0.2, 0) is 9.53 Å². The van der Waals surface area contributed by atoms with Gasteiger partial charge in [-0.05, 0) is 36.6 Å². The van der Waals surface area contributed by atoms with E-state index >= 15 is 0 Å². The average Bonchev–Trinajstić information content (AvgIpc) is 2.53. The highest BCUT2D eigenvalue weighted by Crippen LogP contribution is 2.23. The molecule has 0 bridgehead atoms. The number of carbonyl (C=O) groups excluding carboxylic acids is 1. The van der Waals surface area contributed by atoms with Crippen molar-refractivity contribution in [1.29, 1.82) is 0 Å². The Bertz CT molecular complexity index is 564. The summed E-state index contributed by atoms with van der Waals surface area (Å²) in [6, 6.07) is 18.1. The summed E-state index contributed by atoms with van der Waals surface area (Å²) in [5.41, 5.74) is 2.29. The SMILES string of the molecule is CCOC(=O)CCCOc1cccc(-c2ccccc2)c1. The third kappa shape index (κ3) is 4.95. The summed E-state index contributed by atoms with van der Waals surface area (Å²) in [7, 11) is 0. The summed E-state index contributed by atoms with van der Waals surface area (Å²) >= 11 is 0. The van der Waals surface area contributed by atoms with E-state index in [1.54, 1.807) is 0 Å². The molecular weight excluding hydrogens is 264 g/mol. The molecule has 0 aliphatic carbocycles. The average molecular weight is 284 g/mol. The van der Waals surface area contributed by atoms with E-state index in [1.807, 2.05) is 43.3 Å². The van der Waals surface area contributed by atoms with Crippen LogP contribution in [0.1, 0.15) is 19.8 Å². The van der Waals surface area contributed by atoms with E-state index in [-0.39, 0.29) is 5.97 Å². The van der Waals surface area contributed by atoms with Gasteiger partial charge in [-0.15, -0.1) is 0 Å². The number of hydrogen-bond acceptors (Lipinski definition) is 3. The van der Waals surface area contributed by atoms with Crippen molar-refractivity contribution in [2.75, 3.05) is 13.2 Å². The minimum Gasteiger partial charge on any atom is -0.494 e. The lowest BCUT2D eigenvalue weighted by Gasteiger charge is -2.08. The number of carbonyl (C=O) groups is 1. The summed E-state index contributed by atoms with van der Waals surface area (Å²) in [6.07, 6.45) is 1.06. The Hall–Kier alpha value is -2.29. The number of esters is 1. The summed E-state index contributed by atoms with van der Waals surface area (Å²) in [5.74, 6) is 0.652. The molecular formula is C18H20O3. The molecule has 3 heteroatoms. The van der Waals surface area contributed by atoms with Gasteiger partial charge in [0.25, 0.3) is 0 Å². The van der Waals surface area contributed by atoms with Crippen LogP contribution in [0.5, 0.6) is 5.75 Å². The van der Waals surface area contributed by atoms with E-state index in [0.717, 1.165) is 16.9 Å². The summed E-state index contributed by atoms with van der Waals surface area (Å²) in [4.78, 5) is 11.2. The van der Waals surface area contributed by atoms with Crippen LogP contribution in [0.4, 0.5) is 0 Å². The van der Waals surface area contributed by atoms with Gasteiger partial charge >= 0.3 is 5.97 Å². The van der Waals surface area contributed by atoms with E-state index in [4.69, 9.17) is 9.47 Å². The van der Waals surface area contributed by atoms with Crippen molar-refractivity contribution in [2.24, 2.45) is 0 Å². The molecule has 21 heavy (non-hydrogen) atoms. The number of rotatable bonds is 7. The molecule has 0 aromatic heterocycles. The molecule has 0 radical (unpaired) electrons. The molecule has 0 saturated heterocycles. The van der Waals surface area contributed by atoms with Crippen LogP contribution in [0.15, 0.2) is 54.6 Å². The molecule has 2 rings (SSSR count). The van der Waals surface area contributed by atoms with Gasteiger partial charge in [-0.25, -0.2) is 0 Å². The Kier molecular flexibility index (Phi) is 5.83. The summed E-state index contributed by atoms with van der Waals surface area (Å²) in [5, 5.41) is 0. The van der Waals surface area contributed by atoms with Gasteiger partial charge < -0.3 is 9.47 Å². The normalized spacial score (nSPS) is 10.1. The van der Waals surface area contributed by atoms with Gasteiger partial charge in [0.15, 0.2) is 0 Å². The van der Waals surface area contributed by atoms with Crippen molar-refractivity contribution in [2.45, 2.75) is 19.8 Å². The largest absolute Gasteiger partial charge is 0.494 e. The molecule has 0 atom stereocenters. The van der Waals surface area contributed by atoms with Gasteiger partial charge in [-0.2, -0.15) is 0 Å². The summed E-state index contributed by atoms with van der Waals surface area (Å²) < 4.78 is 10.6. The minimum atomic E-state index is -0.167. The van der Waals surface area contributed by atoms with Crippen LogP contribution >= 0.6 is 0 Å². The van der Waals surface area contributed by atoms with Gasteiger partial charge in [-0.3, -0.25) is 4.79 Å². The molecule has 3 nitrogen and oxygen atoms in total. The van der Waals surface area contributed by atoms with Crippen molar-refractivity contribution in [3.8, 4) is 16.9 Å². The van der Waals surface area contributed by atoms with Crippen molar-refractivity contribution in [1.82, 2.24) is 0 Å². The maximum absolute atomic E-state index is 11.2. The second-order valence-electron chi connectivity index (χ2n) is 4.65. The molecule has 110 valence electrons. The van der Waals surface area contributed by atoms with Crippen molar-refractivity contribution in [3.63, 3.8) is 0 Å². The van der Waals surface area contributed by atoms with Crippen LogP contribution in [0, 0.1) is 0 Å². The molecule has 0 fully saturated rings. The second kappa shape index (κ2) is 8.10. The standard InChI is InChI=1S/C18H20O3/c1-2-20-18(19)12-7-13-21-17-11-6-10-16(14-17)15-8-4-3-5-9-15/h3-6,8-11,14H,2,7,12-13H2,1H3. The van der Waals surface area contributed by atoms with Crippen LogP contribution in [-0.4, -0.2) is 19.2 Å². The zero-order chi connectivity index (χ0) is 14.9. The van der Waals surface area contributed by atoms with Crippen molar-refractivity contribution >= 4 is 5.97 Å². The van der Waals surface area contributed by atoms with Crippen LogP contribution in [0.2, 0.25) is 0 Å². The van der Waals surface area contributed by atoms with Crippen LogP contribution < -0.4 is 4.74 Å². The Morgan fingerprint density at radius 3 is 2.52 bits per heavy atom. The van der Waals surface area contributed by atoms with E-state index < -0.39 is 0 Å². The van der Waals surface area contributed by atoms with Crippen LogP contribution in [0.3, 0.4) is 0 Å². The molecule has 0 saturated carbocycles. The molecule has 0 aliphatic rings.